The van der Waals surface area contributed by atoms with E-state index in [1.165, 1.54) is 12.3 Å². The lowest BCUT2D eigenvalue weighted by molar-refractivity contribution is -0.0496. The van der Waals surface area contributed by atoms with Crippen molar-refractivity contribution in [3.63, 3.8) is 0 Å². The average molecular weight is 567 g/mol. The van der Waals surface area contributed by atoms with Gasteiger partial charge in [0.05, 0.1) is 17.9 Å². The second kappa shape index (κ2) is 12.0. The van der Waals surface area contributed by atoms with Crippen LogP contribution in [0.2, 0.25) is 5.15 Å². The van der Waals surface area contributed by atoms with Crippen molar-refractivity contribution in [3.8, 4) is 16.9 Å². The van der Waals surface area contributed by atoms with Crippen LogP contribution in [0.25, 0.3) is 11.1 Å². The monoisotopic (exact) mass is 566 g/mol. The smallest absolute Gasteiger partial charge is 0.387 e. The van der Waals surface area contributed by atoms with Crippen molar-refractivity contribution in [3.05, 3.63) is 45.9 Å². The third kappa shape index (κ3) is 6.40. The average Bonchev–Trinajstić information content (AvgIpc) is 3.37. The van der Waals surface area contributed by atoms with E-state index in [1.807, 2.05) is 0 Å². The number of pyridine rings is 2. The van der Waals surface area contributed by atoms with Crippen LogP contribution < -0.4 is 10.1 Å². The molecule has 38 heavy (non-hydrogen) atoms. The van der Waals surface area contributed by atoms with Gasteiger partial charge in [-0.1, -0.05) is 22.9 Å². The van der Waals surface area contributed by atoms with Crippen molar-refractivity contribution in [2.45, 2.75) is 51.4 Å². The molecule has 3 aromatic rings. The predicted molar refractivity (Wildman–Crippen MR) is 137 cm³/mol. The summed E-state index contributed by atoms with van der Waals surface area (Å²) in [5.41, 5.74) is 0.965. The van der Waals surface area contributed by atoms with Crippen LogP contribution in [0.4, 0.5) is 13.9 Å². The molecule has 0 bridgehead atoms. The molecule has 2 amide bonds. The first-order valence-electron chi connectivity index (χ1n) is 11.7. The number of hydrogen-bond acceptors (Lipinski definition) is 9. The maximum atomic E-state index is 13.2. The van der Waals surface area contributed by atoms with Crippen molar-refractivity contribution in [1.82, 2.24) is 25.1 Å². The number of ether oxygens (including phenoxy) is 2. The van der Waals surface area contributed by atoms with Crippen molar-refractivity contribution in [1.29, 1.82) is 0 Å². The molecule has 1 N–H and O–H groups in total. The molecule has 0 atom stereocenters. The zero-order valence-electron chi connectivity index (χ0n) is 20.8. The van der Waals surface area contributed by atoms with Gasteiger partial charge in [0.25, 0.3) is 11.8 Å². The number of alkyl halides is 2. The molecule has 0 aliphatic heterocycles. The van der Waals surface area contributed by atoms with Gasteiger partial charge in [0.1, 0.15) is 5.15 Å². The predicted octanol–water partition coefficient (Wildman–Crippen LogP) is 4.84. The van der Waals surface area contributed by atoms with Crippen LogP contribution in [0.3, 0.4) is 0 Å². The molecule has 0 unspecified atom stereocenters. The highest BCUT2D eigenvalue weighted by Gasteiger charge is 2.29. The number of carbonyl (C=O) groups is 2. The number of aryl methyl sites for hydroxylation is 1. The largest absolute Gasteiger partial charge is 0.433 e. The van der Waals surface area contributed by atoms with E-state index in [0.29, 0.717) is 5.69 Å². The molecule has 1 fully saturated rings. The maximum Gasteiger partial charge on any atom is 0.387 e. The Kier molecular flexibility index (Phi) is 8.80. The van der Waals surface area contributed by atoms with Gasteiger partial charge in [0, 0.05) is 43.2 Å². The van der Waals surface area contributed by atoms with E-state index >= 15 is 0 Å². The van der Waals surface area contributed by atoms with Crippen molar-refractivity contribution < 1.29 is 27.8 Å². The topological polar surface area (TPSA) is 119 Å². The molecular weight excluding hydrogens is 542 g/mol. The van der Waals surface area contributed by atoms with E-state index in [9.17, 15) is 18.4 Å². The first-order valence-corrected chi connectivity index (χ1v) is 12.9. The Morgan fingerprint density at radius 1 is 1.13 bits per heavy atom. The third-order valence-corrected chi connectivity index (χ3v) is 7.33. The van der Waals surface area contributed by atoms with Crippen LogP contribution in [0.1, 0.15) is 51.5 Å². The van der Waals surface area contributed by atoms with E-state index in [-0.39, 0.29) is 55.8 Å². The summed E-state index contributed by atoms with van der Waals surface area (Å²) in [6, 6.07) is 2.93. The minimum atomic E-state index is -3.11. The van der Waals surface area contributed by atoms with Gasteiger partial charge in [-0.05, 0) is 44.7 Å². The molecule has 10 nitrogen and oxygen atoms in total. The summed E-state index contributed by atoms with van der Waals surface area (Å²) in [6.45, 7) is -1.43. The number of aromatic nitrogens is 4. The number of amides is 2. The number of nitrogens with zero attached hydrogens (tertiary/aromatic N) is 5. The second-order valence-electron chi connectivity index (χ2n) is 8.70. The Bertz CT molecular complexity index is 1320. The van der Waals surface area contributed by atoms with Gasteiger partial charge in [-0.3, -0.25) is 19.9 Å². The maximum absolute atomic E-state index is 13.2. The highest BCUT2D eigenvalue weighted by molar-refractivity contribution is 7.17. The molecule has 14 heteroatoms. The van der Waals surface area contributed by atoms with Gasteiger partial charge in [0.15, 0.2) is 5.75 Å². The highest BCUT2D eigenvalue weighted by Crippen LogP contribution is 2.35. The molecule has 0 radical (unpaired) electrons. The first-order chi connectivity index (χ1) is 18.2. The van der Waals surface area contributed by atoms with E-state index < -0.39 is 12.5 Å². The summed E-state index contributed by atoms with van der Waals surface area (Å²) in [6.07, 6.45) is 5.96. The molecule has 0 saturated heterocycles. The van der Waals surface area contributed by atoms with Gasteiger partial charge >= 0.3 is 6.61 Å². The lowest BCUT2D eigenvalue weighted by atomic mass is 9.92. The van der Waals surface area contributed by atoms with Crippen molar-refractivity contribution in [2.75, 3.05) is 19.5 Å². The van der Waals surface area contributed by atoms with Crippen LogP contribution in [0, 0.1) is 6.92 Å². The van der Waals surface area contributed by atoms with Crippen LogP contribution in [0.5, 0.6) is 5.75 Å². The molecule has 3 aromatic heterocycles. The highest BCUT2D eigenvalue weighted by atomic mass is 35.5. The standard InChI is InChI=1S/C24H25ClF2N6O4S/c1-12-8-15(16-9-19(25)29-11-18(16)37-23(26)27)17(10-28-12)20(34)30-24-32-31-21(38-24)22(35)33(2)13-4-6-14(36-3)7-5-13/h8-11,13-14,23H,4-7H2,1-3H3,(H,30,32,34). The molecule has 202 valence electrons. The molecule has 1 aliphatic carbocycles. The Morgan fingerprint density at radius 3 is 2.55 bits per heavy atom. The summed E-state index contributed by atoms with van der Waals surface area (Å²) in [5.74, 6) is -1.18. The fourth-order valence-corrected chi connectivity index (χ4v) is 5.17. The SMILES string of the molecule is COC1CCC(N(C)C(=O)c2nnc(NC(=O)c3cnc(C)cc3-c3cc(Cl)ncc3OC(F)F)s2)CC1. The normalized spacial score (nSPS) is 17.3. The number of nitrogens with one attached hydrogen (secondary N) is 1. The van der Waals surface area contributed by atoms with Gasteiger partial charge in [-0.25, -0.2) is 4.98 Å². The fourth-order valence-electron chi connectivity index (χ4n) is 4.29. The lowest BCUT2D eigenvalue weighted by Gasteiger charge is -2.33. The molecule has 0 spiro atoms. The van der Waals surface area contributed by atoms with Gasteiger partial charge in [-0.15, -0.1) is 10.2 Å². The Balaban J connectivity index is 1.53. The van der Waals surface area contributed by atoms with Gasteiger partial charge in [0.2, 0.25) is 10.1 Å². The zero-order valence-corrected chi connectivity index (χ0v) is 22.4. The van der Waals surface area contributed by atoms with Gasteiger partial charge < -0.3 is 14.4 Å². The number of anilines is 1. The summed E-state index contributed by atoms with van der Waals surface area (Å²) in [5, 5.41) is 10.8. The van der Waals surface area contributed by atoms with Crippen molar-refractivity contribution >= 4 is 39.9 Å². The van der Waals surface area contributed by atoms with Gasteiger partial charge in [-0.2, -0.15) is 8.78 Å². The molecule has 1 saturated carbocycles. The Morgan fingerprint density at radius 2 is 1.87 bits per heavy atom. The van der Waals surface area contributed by atoms with E-state index in [1.54, 1.807) is 32.0 Å². The molecule has 3 heterocycles. The number of rotatable bonds is 8. The molecular formula is C24H25ClF2N6O4S. The van der Waals surface area contributed by atoms with Crippen LogP contribution in [-0.2, 0) is 4.74 Å². The van der Waals surface area contributed by atoms with Crippen LogP contribution >= 0.6 is 22.9 Å². The number of halogens is 3. The Hall–Kier alpha value is -3.29. The molecule has 0 aromatic carbocycles. The molecule has 4 rings (SSSR count). The molecule has 1 aliphatic rings. The van der Waals surface area contributed by atoms with Crippen molar-refractivity contribution in [2.24, 2.45) is 0 Å². The fraction of sp³-hybridized carbons (Fsp3) is 0.417. The van der Waals surface area contributed by atoms with Crippen LogP contribution in [-0.4, -0.2) is 69.8 Å². The number of carbonyl (C=O) groups excluding carboxylic acids is 2. The Labute approximate surface area is 226 Å². The van der Waals surface area contributed by atoms with E-state index in [2.05, 4.69) is 30.2 Å². The summed E-state index contributed by atoms with van der Waals surface area (Å²) in [7, 11) is 3.41. The first kappa shape index (κ1) is 27.7. The van der Waals surface area contributed by atoms with Crippen LogP contribution in [0.15, 0.2) is 24.5 Å². The number of methoxy groups -OCH3 is 1. The summed E-state index contributed by atoms with van der Waals surface area (Å²) in [4.78, 5) is 35.8. The summed E-state index contributed by atoms with van der Waals surface area (Å²) >= 11 is 6.94. The number of hydrogen-bond donors (Lipinski definition) is 1. The second-order valence-corrected chi connectivity index (χ2v) is 10.1. The van der Waals surface area contributed by atoms with E-state index in [4.69, 9.17) is 16.3 Å². The summed E-state index contributed by atoms with van der Waals surface area (Å²) < 4.78 is 36.0. The zero-order chi connectivity index (χ0) is 27.4. The van der Waals surface area contributed by atoms with E-state index in [0.717, 1.165) is 43.2 Å². The minimum Gasteiger partial charge on any atom is -0.433 e. The minimum absolute atomic E-state index is 0.0227. The third-order valence-electron chi connectivity index (χ3n) is 6.30. The lowest BCUT2D eigenvalue weighted by Crippen LogP contribution is -2.40. The quantitative estimate of drug-likeness (QED) is 0.385.